The average molecular weight is 242 g/mol. The lowest BCUT2D eigenvalue weighted by Crippen LogP contribution is -2.17. The summed E-state index contributed by atoms with van der Waals surface area (Å²) in [5.74, 6) is 0. The Kier molecular flexibility index (Phi) is 2.16. The van der Waals surface area contributed by atoms with Gasteiger partial charge in [0.05, 0.1) is 11.0 Å². The van der Waals surface area contributed by atoms with Crippen LogP contribution in [0, 0.1) is 0 Å². The lowest BCUT2D eigenvalue weighted by Gasteiger charge is -1.98. The maximum Gasteiger partial charge on any atom is 0.347 e. The molecule has 0 radical (unpaired) electrons. The number of aromatic amines is 1. The Bertz CT molecular complexity index is 829. The van der Waals surface area contributed by atoms with E-state index in [9.17, 15) is 4.79 Å². The Morgan fingerprint density at radius 3 is 3.00 bits per heavy atom. The quantitative estimate of drug-likeness (QED) is 0.384. The van der Waals surface area contributed by atoms with Crippen molar-refractivity contribution in [1.82, 2.24) is 14.6 Å². The predicted octanol–water partition coefficient (Wildman–Crippen LogP) is 1.37. The first kappa shape index (κ1) is 10.5. The Balaban J connectivity index is 2.49. The minimum absolute atomic E-state index is 0.319. The molecule has 0 unspecified atom stereocenters. The van der Waals surface area contributed by atoms with Crippen molar-refractivity contribution in [3.05, 3.63) is 46.5 Å². The summed E-state index contributed by atoms with van der Waals surface area (Å²) in [6.07, 6.45) is 0. The summed E-state index contributed by atoms with van der Waals surface area (Å²) < 4.78 is 1.27. The smallest absolute Gasteiger partial charge is 0.347 e. The molecule has 6 nitrogen and oxygen atoms in total. The van der Waals surface area contributed by atoms with Crippen LogP contribution >= 0.6 is 0 Å². The number of para-hydroxylation sites is 1. The van der Waals surface area contributed by atoms with Gasteiger partial charge < -0.3 is 10.2 Å². The van der Waals surface area contributed by atoms with Crippen molar-refractivity contribution in [1.29, 1.82) is 0 Å². The number of benzene rings is 1. The maximum atomic E-state index is 11.9. The standard InChI is InChI=1S/C12H10N4O2/c1-7(15-18)10-6-11-8-4-2-3-5-9(8)13-12(17)16(11)14-10/h2-6,18H,1H3,(H,13,17). The number of oxime groups is 1. The molecule has 0 saturated heterocycles. The molecule has 0 spiro atoms. The van der Waals surface area contributed by atoms with Crippen molar-refractivity contribution in [2.45, 2.75) is 6.92 Å². The van der Waals surface area contributed by atoms with Crippen molar-refractivity contribution in [3.8, 4) is 0 Å². The van der Waals surface area contributed by atoms with E-state index in [4.69, 9.17) is 5.21 Å². The van der Waals surface area contributed by atoms with E-state index < -0.39 is 0 Å². The molecule has 6 heteroatoms. The highest BCUT2D eigenvalue weighted by atomic mass is 16.4. The number of H-pyrrole nitrogens is 1. The lowest BCUT2D eigenvalue weighted by atomic mass is 10.2. The van der Waals surface area contributed by atoms with Gasteiger partial charge in [-0.1, -0.05) is 23.4 Å². The summed E-state index contributed by atoms with van der Waals surface area (Å²) in [7, 11) is 0. The molecule has 3 rings (SSSR count). The van der Waals surface area contributed by atoms with Crippen LogP contribution in [-0.4, -0.2) is 25.5 Å². The van der Waals surface area contributed by atoms with E-state index in [1.54, 1.807) is 13.0 Å². The van der Waals surface area contributed by atoms with E-state index in [-0.39, 0.29) is 5.69 Å². The van der Waals surface area contributed by atoms with Crippen molar-refractivity contribution in [2.75, 3.05) is 0 Å². The first-order valence-corrected chi connectivity index (χ1v) is 5.40. The largest absolute Gasteiger partial charge is 0.411 e. The molecule has 1 aromatic carbocycles. The maximum absolute atomic E-state index is 11.9. The Labute approximate surface area is 101 Å². The molecule has 0 atom stereocenters. The molecule has 0 aliphatic heterocycles. The molecule has 2 heterocycles. The van der Waals surface area contributed by atoms with E-state index in [1.807, 2.05) is 24.3 Å². The number of fused-ring (bicyclic) bond motifs is 3. The van der Waals surface area contributed by atoms with Crippen LogP contribution in [0.15, 0.2) is 40.3 Å². The number of rotatable bonds is 1. The van der Waals surface area contributed by atoms with Gasteiger partial charge in [0.2, 0.25) is 0 Å². The summed E-state index contributed by atoms with van der Waals surface area (Å²) in [5.41, 5.74) is 1.95. The fraction of sp³-hybridized carbons (Fsp3) is 0.0833. The van der Waals surface area contributed by atoms with Crippen LogP contribution in [0.2, 0.25) is 0 Å². The topological polar surface area (TPSA) is 82.8 Å². The second kappa shape index (κ2) is 3.69. The second-order valence-electron chi connectivity index (χ2n) is 3.99. The monoisotopic (exact) mass is 242 g/mol. The van der Waals surface area contributed by atoms with E-state index in [1.165, 1.54) is 4.52 Å². The molecule has 18 heavy (non-hydrogen) atoms. The van der Waals surface area contributed by atoms with Crippen LogP contribution < -0.4 is 5.69 Å². The third-order valence-corrected chi connectivity index (χ3v) is 2.87. The van der Waals surface area contributed by atoms with Crippen LogP contribution in [0.25, 0.3) is 16.4 Å². The third-order valence-electron chi connectivity index (χ3n) is 2.87. The van der Waals surface area contributed by atoms with E-state index in [0.29, 0.717) is 16.9 Å². The average Bonchev–Trinajstić information content (AvgIpc) is 2.84. The second-order valence-corrected chi connectivity index (χ2v) is 3.99. The molecular formula is C12H10N4O2. The van der Waals surface area contributed by atoms with Crippen LogP contribution in [0.3, 0.4) is 0 Å². The number of nitrogens with one attached hydrogen (secondary N) is 1. The molecule has 0 aliphatic carbocycles. The SMILES string of the molecule is CC(=NO)c1cc2c3ccccc3[nH]c(=O)n2n1. The first-order chi connectivity index (χ1) is 8.70. The van der Waals surface area contributed by atoms with Gasteiger partial charge in [-0.15, -0.1) is 0 Å². The predicted molar refractivity (Wildman–Crippen MR) is 67.3 cm³/mol. The van der Waals surface area contributed by atoms with E-state index >= 15 is 0 Å². The summed E-state index contributed by atoms with van der Waals surface area (Å²) in [5, 5.41) is 16.8. The number of hydrogen-bond acceptors (Lipinski definition) is 4. The van der Waals surface area contributed by atoms with Gasteiger partial charge in [-0.25, -0.2) is 4.79 Å². The molecule has 2 aromatic heterocycles. The molecule has 0 bridgehead atoms. The van der Waals surface area contributed by atoms with Gasteiger partial charge >= 0.3 is 5.69 Å². The molecular weight excluding hydrogens is 232 g/mol. The van der Waals surface area contributed by atoms with Crippen LogP contribution in [0.1, 0.15) is 12.6 Å². The van der Waals surface area contributed by atoms with Crippen LogP contribution in [-0.2, 0) is 0 Å². The summed E-state index contributed by atoms with van der Waals surface area (Å²) >= 11 is 0. The fourth-order valence-electron chi connectivity index (χ4n) is 1.94. The van der Waals surface area contributed by atoms with Gasteiger partial charge in [0, 0.05) is 5.39 Å². The normalized spacial score (nSPS) is 12.4. The summed E-state index contributed by atoms with van der Waals surface area (Å²) in [4.78, 5) is 14.6. The molecule has 0 fully saturated rings. The Morgan fingerprint density at radius 1 is 1.44 bits per heavy atom. The van der Waals surface area contributed by atoms with Gasteiger partial charge in [0.25, 0.3) is 0 Å². The van der Waals surface area contributed by atoms with Gasteiger partial charge in [-0.05, 0) is 19.1 Å². The van der Waals surface area contributed by atoms with Crippen LogP contribution in [0.5, 0.6) is 0 Å². The van der Waals surface area contributed by atoms with Crippen molar-refractivity contribution < 1.29 is 5.21 Å². The zero-order valence-corrected chi connectivity index (χ0v) is 9.58. The Morgan fingerprint density at radius 2 is 2.22 bits per heavy atom. The third kappa shape index (κ3) is 1.39. The highest BCUT2D eigenvalue weighted by molar-refractivity contribution is 6.01. The van der Waals surface area contributed by atoms with Crippen LogP contribution in [0.4, 0.5) is 0 Å². The fourth-order valence-corrected chi connectivity index (χ4v) is 1.94. The summed E-state index contributed by atoms with van der Waals surface area (Å²) in [6, 6.07) is 9.20. The first-order valence-electron chi connectivity index (χ1n) is 5.40. The molecule has 90 valence electrons. The van der Waals surface area contributed by atoms with Crippen molar-refractivity contribution in [2.24, 2.45) is 5.16 Å². The highest BCUT2D eigenvalue weighted by Crippen LogP contribution is 2.17. The van der Waals surface area contributed by atoms with Crippen molar-refractivity contribution >= 4 is 22.1 Å². The molecule has 0 saturated carbocycles. The van der Waals surface area contributed by atoms with Crippen molar-refractivity contribution in [3.63, 3.8) is 0 Å². The van der Waals surface area contributed by atoms with Gasteiger partial charge in [0.1, 0.15) is 11.4 Å². The summed E-state index contributed by atoms with van der Waals surface area (Å²) in [6.45, 7) is 1.62. The van der Waals surface area contributed by atoms with Gasteiger partial charge in [-0.2, -0.15) is 9.61 Å². The van der Waals surface area contributed by atoms with E-state index in [2.05, 4.69) is 15.2 Å². The zero-order chi connectivity index (χ0) is 12.7. The number of aromatic nitrogens is 3. The molecule has 0 amide bonds. The molecule has 3 aromatic rings. The Hall–Kier alpha value is -2.63. The van der Waals surface area contributed by atoms with Gasteiger partial charge in [-0.3, -0.25) is 0 Å². The number of hydrogen-bond donors (Lipinski definition) is 2. The molecule has 2 N–H and O–H groups in total. The minimum atomic E-state index is -0.319. The van der Waals surface area contributed by atoms with Gasteiger partial charge in [0.15, 0.2) is 0 Å². The zero-order valence-electron chi connectivity index (χ0n) is 9.58. The van der Waals surface area contributed by atoms with E-state index in [0.717, 1.165) is 10.9 Å². The molecule has 0 aliphatic rings. The number of nitrogens with zero attached hydrogens (tertiary/aromatic N) is 3. The lowest BCUT2D eigenvalue weighted by molar-refractivity contribution is 0.319. The highest BCUT2D eigenvalue weighted by Gasteiger charge is 2.10. The minimum Gasteiger partial charge on any atom is -0.411 e.